The molecule has 0 aromatic heterocycles. The standard InChI is InChI=1S/3C6H4F9.Sn/c3*1-2-3(7,8)4(9,10)5(11,12)6(13,14)15;/h3*1-2H2;. The summed E-state index contributed by atoms with van der Waals surface area (Å²) >= 11 is -5.80. The van der Waals surface area contributed by atoms with Crippen molar-refractivity contribution in [3.05, 3.63) is 0 Å². The monoisotopic (exact) mass is 861 g/mol. The van der Waals surface area contributed by atoms with Gasteiger partial charge in [0.05, 0.1) is 0 Å². The van der Waals surface area contributed by atoms with Gasteiger partial charge in [0.1, 0.15) is 0 Å². The van der Waals surface area contributed by atoms with E-state index in [0.29, 0.717) is 0 Å². The van der Waals surface area contributed by atoms with E-state index in [9.17, 15) is 119 Å². The SMILES string of the molecule is FC(F)(F)C(F)(F)C(F)(F)C(F)(F)C[CH2][Sn]([CH2]CC(F)(F)C(F)(F)C(F)(F)C(F)(F)F)[CH2]CC(F)(F)C(F)(F)C(F)(F)C(F)(F)F. The third kappa shape index (κ3) is 7.86. The van der Waals surface area contributed by atoms with E-state index >= 15 is 0 Å². The molecule has 0 aliphatic rings. The van der Waals surface area contributed by atoms with E-state index in [-0.39, 0.29) is 0 Å². The molecule has 46 heavy (non-hydrogen) atoms. The molecule has 0 saturated carbocycles. The molecule has 0 unspecified atom stereocenters. The van der Waals surface area contributed by atoms with Crippen LogP contribution in [0.2, 0.25) is 13.3 Å². The summed E-state index contributed by atoms with van der Waals surface area (Å²) in [5.74, 6) is -65.8. The summed E-state index contributed by atoms with van der Waals surface area (Å²) in [5.41, 5.74) is 0. The van der Waals surface area contributed by atoms with E-state index in [2.05, 4.69) is 0 Å². The van der Waals surface area contributed by atoms with Crippen LogP contribution in [0.3, 0.4) is 0 Å². The van der Waals surface area contributed by atoms with Crippen molar-refractivity contribution in [3.63, 3.8) is 0 Å². The molecule has 0 bridgehead atoms. The molecule has 0 rings (SSSR count). The zero-order valence-electron chi connectivity index (χ0n) is 20.9. The van der Waals surface area contributed by atoms with Crippen LogP contribution in [0.1, 0.15) is 19.3 Å². The minimum absolute atomic E-state index is 2.38. The average Bonchev–Trinajstić information content (AvgIpc) is 2.80. The van der Waals surface area contributed by atoms with E-state index in [0.717, 1.165) is 0 Å². The summed E-state index contributed by atoms with van der Waals surface area (Å²) in [5, 5.41) is 0. The summed E-state index contributed by atoms with van der Waals surface area (Å²) in [6.45, 7) is 0. The Morgan fingerprint density at radius 1 is 0.239 bits per heavy atom. The minimum atomic E-state index is -7.66. The van der Waals surface area contributed by atoms with E-state index in [1.807, 2.05) is 0 Å². The number of hydrogen-bond acceptors (Lipinski definition) is 0. The van der Waals surface area contributed by atoms with Crippen LogP contribution in [0.5, 0.6) is 0 Å². The molecule has 0 fully saturated rings. The van der Waals surface area contributed by atoms with Crippen LogP contribution >= 0.6 is 0 Å². The molecule has 0 heterocycles. The summed E-state index contributed by atoms with van der Waals surface area (Å²) in [6, 6.07) is 0. The van der Waals surface area contributed by atoms with Gasteiger partial charge in [-0.2, -0.15) is 0 Å². The number of alkyl halides is 27. The first-order valence-electron chi connectivity index (χ1n) is 11.0. The Hall–Kier alpha value is -1.09. The first-order chi connectivity index (χ1) is 19.5. The Labute approximate surface area is 243 Å². The third-order valence-electron chi connectivity index (χ3n) is 6.01. The van der Waals surface area contributed by atoms with Gasteiger partial charge in [0.25, 0.3) is 0 Å². The second kappa shape index (κ2) is 12.7. The Bertz CT molecular complexity index is 885. The molecular formula is C18H12F27Sn. The van der Waals surface area contributed by atoms with Crippen molar-refractivity contribution in [3.8, 4) is 0 Å². The van der Waals surface area contributed by atoms with Crippen LogP contribution in [0, 0.1) is 0 Å². The fourth-order valence-corrected chi connectivity index (χ4v) is 10.9. The average molecular weight is 860 g/mol. The van der Waals surface area contributed by atoms with Crippen molar-refractivity contribution >= 4 is 19.8 Å². The first-order valence-corrected chi connectivity index (χ1v) is 17.0. The maximum atomic E-state index is 13.8. The number of halogens is 27. The van der Waals surface area contributed by atoms with E-state index in [1.165, 1.54) is 0 Å². The molecule has 0 spiro atoms. The Kier molecular flexibility index (Phi) is 12.4. The van der Waals surface area contributed by atoms with Gasteiger partial charge in [0.2, 0.25) is 0 Å². The predicted octanol–water partition coefficient (Wildman–Crippen LogP) is 11.1. The molecule has 0 saturated heterocycles. The fourth-order valence-electron chi connectivity index (χ4n) is 3.07. The normalized spacial score (nSPS) is 16.4. The van der Waals surface area contributed by atoms with Crippen molar-refractivity contribution < 1.29 is 119 Å². The van der Waals surface area contributed by atoms with Crippen LogP contribution in [0.25, 0.3) is 0 Å². The molecule has 28 heteroatoms. The molecule has 0 nitrogen and oxygen atoms in total. The third-order valence-corrected chi connectivity index (χ3v) is 14.2. The molecule has 277 valence electrons. The molecule has 0 amide bonds. The summed E-state index contributed by atoms with van der Waals surface area (Å²) < 4.78 is 344. The zero-order valence-corrected chi connectivity index (χ0v) is 23.8. The Morgan fingerprint density at radius 2 is 0.391 bits per heavy atom. The van der Waals surface area contributed by atoms with Crippen LogP contribution in [0.15, 0.2) is 0 Å². The number of rotatable bonds is 15. The van der Waals surface area contributed by atoms with Crippen LogP contribution in [-0.2, 0) is 0 Å². The summed E-state index contributed by atoms with van der Waals surface area (Å²) in [4.78, 5) is 0. The molecule has 0 aromatic rings. The van der Waals surface area contributed by atoms with Gasteiger partial charge in [0.15, 0.2) is 0 Å². The number of hydrogen-bond donors (Lipinski definition) is 0. The van der Waals surface area contributed by atoms with Gasteiger partial charge in [0, 0.05) is 0 Å². The second-order valence-electron chi connectivity index (χ2n) is 9.30. The second-order valence-corrected chi connectivity index (χ2v) is 17.9. The molecule has 0 aliphatic heterocycles. The maximum absolute atomic E-state index is 13.8. The van der Waals surface area contributed by atoms with Crippen molar-refractivity contribution in [2.75, 3.05) is 0 Å². The van der Waals surface area contributed by atoms with E-state index in [4.69, 9.17) is 0 Å². The van der Waals surface area contributed by atoms with Crippen molar-refractivity contribution in [2.45, 2.75) is 104 Å². The van der Waals surface area contributed by atoms with E-state index in [1.54, 1.807) is 0 Å². The van der Waals surface area contributed by atoms with Crippen LogP contribution < -0.4 is 0 Å². The molecule has 0 aromatic carbocycles. The van der Waals surface area contributed by atoms with Gasteiger partial charge in [-0.05, 0) is 0 Å². The van der Waals surface area contributed by atoms with Crippen molar-refractivity contribution in [2.24, 2.45) is 0 Å². The first kappa shape index (κ1) is 44.9. The van der Waals surface area contributed by atoms with Crippen LogP contribution in [-0.4, -0.2) is 91.6 Å². The molecular weight excluding hydrogens is 848 g/mol. The van der Waals surface area contributed by atoms with Crippen molar-refractivity contribution in [1.29, 1.82) is 0 Å². The molecule has 1 radical (unpaired) electrons. The summed E-state index contributed by atoms with van der Waals surface area (Å²) in [6.07, 6.45) is -32.1. The van der Waals surface area contributed by atoms with E-state index < -0.39 is 124 Å². The van der Waals surface area contributed by atoms with Crippen molar-refractivity contribution in [1.82, 2.24) is 0 Å². The van der Waals surface area contributed by atoms with Gasteiger partial charge in [-0.3, -0.25) is 0 Å². The van der Waals surface area contributed by atoms with Gasteiger partial charge in [-0.25, -0.2) is 0 Å². The van der Waals surface area contributed by atoms with Gasteiger partial charge >= 0.3 is 243 Å². The topological polar surface area (TPSA) is 0 Å². The molecule has 0 atom stereocenters. The Balaban J connectivity index is 6.58. The molecule has 0 N–H and O–H groups in total. The quantitative estimate of drug-likeness (QED) is 0.114. The Morgan fingerprint density at radius 3 is 0.522 bits per heavy atom. The van der Waals surface area contributed by atoms with Gasteiger partial charge in [-0.15, -0.1) is 0 Å². The van der Waals surface area contributed by atoms with Crippen LogP contribution in [0.4, 0.5) is 119 Å². The van der Waals surface area contributed by atoms with Gasteiger partial charge < -0.3 is 0 Å². The predicted molar refractivity (Wildman–Crippen MR) is 96.7 cm³/mol. The zero-order chi connectivity index (χ0) is 37.8. The van der Waals surface area contributed by atoms with Gasteiger partial charge in [-0.1, -0.05) is 0 Å². The fraction of sp³-hybridized carbons (Fsp3) is 1.00. The molecule has 0 aliphatic carbocycles. The summed E-state index contributed by atoms with van der Waals surface area (Å²) in [7, 11) is 0.